The quantitative estimate of drug-likeness (QED) is 0.726. The second-order valence-corrected chi connectivity index (χ2v) is 6.86. The van der Waals surface area contributed by atoms with Gasteiger partial charge < -0.3 is 15.4 Å². The third-order valence-electron chi connectivity index (χ3n) is 3.55. The molecule has 0 aliphatic heterocycles. The predicted octanol–water partition coefficient (Wildman–Crippen LogP) is 3.49. The molecule has 0 saturated carbocycles. The van der Waals surface area contributed by atoms with E-state index in [9.17, 15) is 9.59 Å². The average Bonchev–Trinajstić information content (AvgIpc) is 2.52. The summed E-state index contributed by atoms with van der Waals surface area (Å²) in [6, 6.07) is 8.89. The van der Waals surface area contributed by atoms with E-state index in [1.807, 2.05) is 44.2 Å². The second kappa shape index (κ2) is 10.7. The number of nitrogens with one attached hydrogen (secondary N) is 2. The molecule has 0 heterocycles. The first-order valence-corrected chi connectivity index (χ1v) is 8.63. The molecule has 0 spiro atoms. The molecule has 0 bridgehead atoms. The number of benzene rings is 1. The van der Waals surface area contributed by atoms with Crippen molar-refractivity contribution in [2.45, 2.75) is 53.2 Å². The maximum absolute atomic E-state index is 12.3. The van der Waals surface area contributed by atoms with Crippen molar-refractivity contribution in [3.8, 4) is 0 Å². The molecule has 0 radical (unpaired) electrons. The van der Waals surface area contributed by atoms with Crippen LogP contribution in [0.5, 0.6) is 0 Å². The van der Waals surface area contributed by atoms with E-state index in [4.69, 9.17) is 4.74 Å². The van der Waals surface area contributed by atoms with E-state index in [1.165, 1.54) is 0 Å². The Balaban J connectivity index is 2.48. The lowest BCUT2D eigenvalue weighted by atomic mass is 10.0. The molecule has 5 nitrogen and oxygen atoms in total. The van der Waals surface area contributed by atoms with Crippen LogP contribution >= 0.6 is 0 Å². The highest BCUT2D eigenvalue weighted by molar-refractivity contribution is 5.85. The third kappa shape index (κ3) is 8.56. The van der Waals surface area contributed by atoms with Gasteiger partial charge in [0.2, 0.25) is 5.91 Å². The average molecular weight is 334 g/mol. The Morgan fingerprint density at radius 3 is 2.29 bits per heavy atom. The minimum absolute atomic E-state index is 0.152. The maximum atomic E-state index is 12.3. The zero-order valence-electron chi connectivity index (χ0n) is 15.2. The number of carbonyl (C=O) groups is 2. The van der Waals surface area contributed by atoms with Crippen LogP contribution in [-0.2, 0) is 16.1 Å². The number of rotatable bonds is 9. The summed E-state index contributed by atoms with van der Waals surface area (Å²) in [5, 5.41) is 5.57. The van der Waals surface area contributed by atoms with Gasteiger partial charge in [-0.15, -0.1) is 0 Å². The summed E-state index contributed by atoms with van der Waals surface area (Å²) in [4.78, 5) is 24.3. The number of alkyl carbamates (subject to hydrolysis) is 1. The Bertz CT molecular complexity index is 501. The summed E-state index contributed by atoms with van der Waals surface area (Å²) in [6.45, 7) is 9.06. The van der Waals surface area contributed by atoms with Gasteiger partial charge in [0.25, 0.3) is 0 Å². The molecule has 1 atom stereocenters. The summed E-state index contributed by atoms with van der Waals surface area (Å²) in [5.41, 5.74) is 0.912. The lowest BCUT2D eigenvalue weighted by Crippen LogP contribution is -2.47. The highest BCUT2D eigenvalue weighted by atomic mass is 16.5. The number of hydrogen-bond acceptors (Lipinski definition) is 3. The van der Waals surface area contributed by atoms with Crippen molar-refractivity contribution in [2.24, 2.45) is 11.8 Å². The van der Waals surface area contributed by atoms with Gasteiger partial charge in [-0.05, 0) is 30.2 Å². The molecule has 2 amide bonds. The van der Waals surface area contributed by atoms with Gasteiger partial charge in [-0.25, -0.2) is 4.79 Å². The summed E-state index contributed by atoms with van der Waals surface area (Å²) < 4.78 is 5.20. The largest absolute Gasteiger partial charge is 0.445 e. The SMILES string of the molecule is CC(C)CCNC(=O)[C@H](CC(C)C)NC(=O)OCc1ccccc1. The summed E-state index contributed by atoms with van der Waals surface area (Å²) in [6.07, 6.45) is 0.926. The predicted molar refractivity (Wildman–Crippen MR) is 95.5 cm³/mol. The van der Waals surface area contributed by atoms with Crippen molar-refractivity contribution in [1.29, 1.82) is 0 Å². The van der Waals surface area contributed by atoms with Crippen LogP contribution in [0, 0.1) is 11.8 Å². The first kappa shape index (κ1) is 20.0. The van der Waals surface area contributed by atoms with Crippen molar-refractivity contribution >= 4 is 12.0 Å². The smallest absolute Gasteiger partial charge is 0.408 e. The molecule has 0 aromatic heterocycles. The van der Waals surface area contributed by atoms with Crippen LogP contribution < -0.4 is 10.6 Å². The van der Waals surface area contributed by atoms with Gasteiger partial charge in [-0.1, -0.05) is 58.0 Å². The molecular formula is C19H30N2O3. The first-order valence-electron chi connectivity index (χ1n) is 8.63. The summed E-state index contributed by atoms with van der Waals surface area (Å²) in [5.74, 6) is 0.666. The molecule has 134 valence electrons. The van der Waals surface area contributed by atoms with Crippen molar-refractivity contribution < 1.29 is 14.3 Å². The van der Waals surface area contributed by atoms with E-state index in [0.29, 0.717) is 24.8 Å². The van der Waals surface area contributed by atoms with Gasteiger partial charge in [0.05, 0.1) is 0 Å². The zero-order chi connectivity index (χ0) is 17.9. The fourth-order valence-corrected chi connectivity index (χ4v) is 2.22. The fourth-order valence-electron chi connectivity index (χ4n) is 2.22. The molecule has 0 aliphatic carbocycles. The number of hydrogen-bond donors (Lipinski definition) is 2. The van der Waals surface area contributed by atoms with Crippen LogP contribution in [0.1, 0.15) is 46.1 Å². The van der Waals surface area contributed by atoms with Crippen molar-refractivity contribution in [3.63, 3.8) is 0 Å². The second-order valence-electron chi connectivity index (χ2n) is 6.86. The summed E-state index contributed by atoms with van der Waals surface area (Å²) in [7, 11) is 0. The molecule has 0 fully saturated rings. The molecule has 2 N–H and O–H groups in total. The van der Waals surface area contributed by atoms with E-state index in [-0.39, 0.29) is 12.5 Å². The van der Waals surface area contributed by atoms with E-state index >= 15 is 0 Å². The molecule has 0 aliphatic rings. The molecule has 1 rings (SSSR count). The van der Waals surface area contributed by atoms with Crippen LogP contribution in [0.4, 0.5) is 4.79 Å². The molecule has 24 heavy (non-hydrogen) atoms. The Morgan fingerprint density at radius 2 is 1.71 bits per heavy atom. The van der Waals surface area contributed by atoms with Crippen molar-refractivity contribution in [2.75, 3.05) is 6.54 Å². The van der Waals surface area contributed by atoms with Gasteiger partial charge in [0, 0.05) is 6.54 Å². The van der Waals surface area contributed by atoms with Crippen LogP contribution in [0.25, 0.3) is 0 Å². The summed E-state index contributed by atoms with van der Waals surface area (Å²) >= 11 is 0. The highest BCUT2D eigenvalue weighted by Gasteiger charge is 2.22. The molecule has 0 unspecified atom stereocenters. The number of amides is 2. The van der Waals surface area contributed by atoms with Crippen LogP contribution in [0.3, 0.4) is 0 Å². The molecule has 1 aromatic carbocycles. The third-order valence-corrected chi connectivity index (χ3v) is 3.55. The van der Waals surface area contributed by atoms with Crippen molar-refractivity contribution in [3.05, 3.63) is 35.9 Å². The minimum Gasteiger partial charge on any atom is -0.445 e. The normalized spacial score (nSPS) is 12.1. The van der Waals surface area contributed by atoms with Gasteiger partial charge in [-0.3, -0.25) is 4.79 Å². The standard InChI is InChI=1S/C19H30N2O3/c1-14(2)10-11-20-18(22)17(12-15(3)4)21-19(23)24-13-16-8-6-5-7-9-16/h5-9,14-15,17H,10-13H2,1-4H3,(H,20,22)(H,21,23)/t17-/m0/s1. The first-order chi connectivity index (χ1) is 11.4. The highest BCUT2D eigenvalue weighted by Crippen LogP contribution is 2.07. The van der Waals surface area contributed by atoms with Crippen LogP contribution in [0.2, 0.25) is 0 Å². The fraction of sp³-hybridized carbons (Fsp3) is 0.579. The van der Waals surface area contributed by atoms with Gasteiger partial charge in [0.15, 0.2) is 0 Å². The topological polar surface area (TPSA) is 67.4 Å². The van der Waals surface area contributed by atoms with Crippen LogP contribution in [-0.4, -0.2) is 24.6 Å². The number of carbonyl (C=O) groups excluding carboxylic acids is 2. The lowest BCUT2D eigenvalue weighted by Gasteiger charge is -2.20. The van der Waals surface area contributed by atoms with E-state index in [1.54, 1.807) is 0 Å². The molecule has 1 aromatic rings. The lowest BCUT2D eigenvalue weighted by molar-refractivity contribution is -0.123. The molecule has 5 heteroatoms. The molecule has 0 saturated heterocycles. The Labute approximate surface area is 145 Å². The van der Waals surface area contributed by atoms with E-state index in [2.05, 4.69) is 24.5 Å². The molecular weight excluding hydrogens is 304 g/mol. The Hall–Kier alpha value is -2.04. The van der Waals surface area contributed by atoms with Crippen molar-refractivity contribution in [1.82, 2.24) is 10.6 Å². The minimum atomic E-state index is -0.569. The van der Waals surface area contributed by atoms with Gasteiger partial charge in [0.1, 0.15) is 12.6 Å². The number of ether oxygens (including phenoxy) is 1. The van der Waals surface area contributed by atoms with Gasteiger partial charge >= 0.3 is 6.09 Å². The Kier molecular flexibility index (Phi) is 8.90. The van der Waals surface area contributed by atoms with Crippen LogP contribution in [0.15, 0.2) is 30.3 Å². The zero-order valence-corrected chi connectivity index (χ0v) is 15.2. The van der Waals surface area contributed by atoms with E-state index in [0.717, 1.165) is 12.0 Å². The maximum Gasteiger partial charge on any atom is 0.408 e. The van der Waals surface area contributed by atoms with Gasteiger partial charge in [-0.2, -0.15) is 0 Å². The monoisotopic (exact) mass is 334 g/mol. The van der Waals surface area contributed by atoms with E-state index < -0.39 is 12.1 Å². The Morgan fingerprint density at radius 1 is 1.04 bits per heavy atom.